The van der Waals surface area contributed by atoms with Crippen LogP contribution in [0.4, 0.5) is 0 Å². The van der Waals surface area contributed by atoms with Gasteiger partial charge in [0.25, 0.3) is 0 Å². The molecule has 0 bridgehead atoms. The number of hydrogen-bond donors (Lipinski definition) is 2. The Morgan fingerprint density at radius 2 is 2.00 bits per heavy atom. The van der Waals surface area contributed by atoms with E-state index in [4.69, 9.17) is 25.2 Å². The van der Waals surface area contributed by atoms with Crippen molar-refractivity contribution in [3.63, 3.8) is 0 Å². The van der Waals surface area contributed by atoms with Gasteiger partial charge in [0.1, 0.15) is 0 Å². The van der Waals surface area contributed by atoms with Crippen molar-refractivity contribution < 1.29 is 19.4 Å². The molecule has 0 spiro atoms. The van der Waals surface area contributed by atoms with Gasteiger partial charge in [-0.05, 0) is 32.0 Å². The first-order chi connectivity index (χ1) is 8.72. The van der Waals surface area contributed by atoms with Crippen LogP contribution < -0.4 is 15.2 Å². The van der Waals surface area contributed by atoms with Gasteiger partial charge in [-0.2, -0.15) is 0 Å². The summed E-state index contributed by atoms with van der Waals surface area (Å²) in [6.07, 6.45) is 0. The highest BCUT2D eigenvalue weighted by Crippen LogP contribution is 2.28. The molecule has 1 aromatic carbocycles. The third-order valence-electron chi connectivity index (χ3n) is 2.15. The fourth-order valence-corrected chi connectivity index (χ4v) is 1.30. The van der Waals surface area contributed by atoms with Gasteiger partial charge in [-0.1, -0.05) is 5.16 Å². The van der Waals surface area contributed by atoms with Gasteiger partial charge >= 0.3 is 0 Å². The summed E-state index contributed by atoms with van der Waals surface area (Å²) >= 11 is 0. The number of hydrogen-bond acceptors (Lipinski definition) is 5. The quantitative estimate of drug-likeness (QED) is 0.192. The standard InChI is InChI=1S/C12H18N2O4/c1-3-16-8-18-10-6-5-9(12(13)14-15)7-11(10)17-4-2/h5-7,15H,3-4,8H2,1-2H3,(H2,13,14). The normalized spacial score (nSPS) is 11.3. The lowest BCUT2D eigenvalue weighted by Crippen LogP contribution is -2.13. The summed E-state index contributed by atoms with van der Waals surface area (Å²) in [6.45, 7) is 4.97. The maximum absolute atomic E-state index is 8.62. The van der Waals surface area contributed by atoms with Gasteiger partial charge in [0.05, 0.1) is 6.61 Å². The average molecular weight is 254 g/mol. The zero-order valence-electron chi connectivity index (χ0n) is 10.5. The molecule has 1 rings (SSSR count). The minimum absolute atomic E-state index is 0.0207. The third kappa shape index (κ3) is 3.81. The maximum Gasteiger partial charge on any atom is 0.189 e. The zero-order chi connectivity index (χ0) is 13.4. The molecule has 0 fully saturated rings. The lowest BCUT2D eigenvalue weighted by Gasteiger charge is -2.12. The van der Waals surface area contributed by atoms with Crippen molar-refractivity contribution in [1.82, 2.24) is 0 Å². The van der Waals surface area contributed by atoms with Crippen molar-refractivity contribution in [2.75, 3.05) is 20.0 Å². The van der Waals surface area contributed by atoms with Crippen molar-refractivity contribution >= 4 is 5.84 Å². The zero-order valence-corrected chi connectivity index (χ0v) is 10.5. The molecular weight excluding hydrogens is 236 g/mol. The van der Waals surface area contributed by atoms with E-state index in [1.807, 2.05) is 13.8 Å². The van der Waals surface area contributed by atoms with E-state index < -0.39 is 0 Å². The third-order valence-corrected chi connectivity index (χ3v) is 2.15. The summed E-state index contributed by atoms with van der Waals surface area (Å²) in [7, 11) is 0. The highest BCUT2D eigenvalue weighted by molar-refractivity contribution is 5.97. The van der Waals surface area contributed by atoms with Crippen molar-refractivity contribution in [3.8, 4) is 11.5 Å². The monoisotopic (exact) mass is 254 g/mol. The van der Waals surface area contributed by atoms with E-state index in [0.29, 0.717) is 30.3 Å². The molecule has 0 aliphatic carbocycles. The Labute approximate surface area is 106 Å². The van der Waals surface area contributed by atoms with Crippen LogP contribution in [0.5, 0.6) is 11.5 Å². The smallest absolute Gasteiger partial charge is 0.189 e. The molecule has 3 N–H and O–H groups in total. The van der Waals surface area contributed by atoms with E-state index in [9.17, 15) is 0 Å². The molecule has 0 heterocycles. The van der Waals surface area contributed by atoms with Gasteiger partial charge in [0, 0.05) is 12.2 Å². The molecule has 100 valence electrons. The lowest BCUT2D eigenvalue weighted by molar-refractivity contribution is 0.0206. The van der Waals surface area contributed by atoms with Gasteiger partial charge in [-0.25, -0.2) is 0 Å². The summed E-state index contributed by atoms with van der Waals surface area (Å²) in [4.78, 5) is 0. The molecular formula is C12H18N2O4. The highest BCUT2D eigenvalue weighted by atomic mass is 16.7. The van der Waals surface area contributed by atoms with Gasteiger partial charge < -0.3 is 25.2 Å². The molecule has 0 unspecified atom stereocenters. The van der Waals surface area contributed by atoms with Crippen LogP contribution in [-0.2, 0) is 4.74 Å². The first-order valence-electron chi connectivity index (χ1n) is 5.68. The topological polar surface area (TPSA) is 86.3 Å². The Kier molecular flexibility index (Phi) is 5.79. The highest BCUT2D eigenvalue weighted by Gasteiger charge is 2.08. The molecule has 0 aliphatic rings. The van der Waals surface area contributed by atoms with Crippen molar-refractivity contribution in [2.45, 2.75) is 13.8 Å². The predicted molar refractivity (Wildman–Crippen MR) is 67.2 cm³/mol. The van der Waals surface area contributed by atoms with E-state index in [0.717, 1.165) is 0 Å². The number of nitrogens with zero attached hydrogens (tertiary/aromatic N) is 1. The van der Waals surface area contributed by atoms with Gasteiger partial charge in [-0.15, -0.1) is 0 Å². The number of amidine groups is 1. The average Bonchev–Trinajstić information content (AvgIpc) is 2.40. The van der Waals surface area contributed by atoms with Crippen LogP contribution in [0, 0.1) is 0 Å². The van der Waals surface area contributed by atoms with Crippen molar-refractivity contribution in [2.24, 2.45) is 10.9 Å². The molecule has 0 atom stereocenters. The van der Waals surface area contributed by atoms with Crippen molar-refractivity contribution in [3.05, 3.63) is 23.8 Å². The van der Waals surface area contributed by atoms with E-state index in [1.165, 1.54) is 0 Å². The summed E-state index contributed by atoms with van der Waals surface area (Å²) in [5.74, 6) is 1.11. The largest absolute Gasteiger partial charge is 0.490 e. The van der Waals surface area contributed by atoms with Crippen LogP contribution in [0.2, 0.25) is 0 Å². The van der Waals surface area contributed by atoms with Crippen LogP contribution in [0.25, 0.3) is 0 Å². The SMILES string of the molecule is CCOCOc1ccc(C(N)=NO)cc1OCC. The number of ether oxygens (including phenoxy) is 3. The number of nitrogens with two attached hydrogens (primary N) is 1. The molecule has 0 saturated heterocycles. The maximum atomic E-state index is 8.62. The summed E-state index contributed by atoms with van der Waals surface area (Å²) in [5, 5.41) is 11.6. The molecule has 0 amide bonds. The summed E-state index contributed by atoms with van der Waals surface area (Å²) in [5.41, 5.74) is 6.07. The molecule has 0 aliphatic heterocycles. The lowest BCUT2D eigenvalue weighted by atomic mass is 10.2. The molecule has 18 heavy (non-hydrogen) atoms. The van der Waals surface area contributed by atoms with Crippen molar-refractivity contribution in [1.29, 1.82) is 0 Å². The van der Waals surface area contributed by atoms with Gasteiger partial charge in [0.15, 0.2) is 24.1 Å². The second-order valence-corrected chi connectivity index (χ2v) is 3.33. The van der Waals surface area contributed by atoms with E-state index >= 15 is 0 Å². The first-order valence-corrected chi connectivity index (χ1v) is 5.68. The molecule has 0 aromatic heterocycles. The summed E-state index contributed by atoms with van der Waals surface area (Å²) < 4.78 is 15.9. The van der Waals surface area contributed by atoms with Gasteiger partial charge in [0.2, 0.25) is 0 Å². The van der Waals surface area contributed by atoms with Crippen LogP contribution in [-0.4, -0.2) is 31.0 Å². The van der Waals surface area contributed by atoms with Crippen LogP contribution >= 0.6 is 0 Å². The van der Waals surface area contributed by atoms with Gasteiger partial charge in [-0.3, -0.25) is 0 Å². The summed E-state index contributed by atoms with van der Waals surface area (Å²) in [6, 6.07) is 5.02. The van der Waals surface area contributed by atoms with Crippen LogP contribution in [0.1, 0.15) is 19.4 Å². The Morgan fingerprint density at radius 3 is 2.61 bits per heavy atom. The molecule has 0 saturated carbocycles. The predicted octanol–water partition coefficient (Wildman–Crippen LogP) is 1.55. The number of rotatable bonds is 7. The molecule has 1 aromatic rings. The van der Waals surface area contributed by atoms with Crippen LogP contribution in [0.3, 0.4) is 0 Å². The second-order valence-electron chi connectivity index (χ2n) is 3.33. The Morgan fingerprint density at radius 1 is 1.22 bits per heavy atom. The number of benzene rings is 1. The Hall–Kier alpha value is -1.95. The molecule has 6 heteroatoms. The minimum atomic E-state index is 0.0207. The molecule has 0 radical (unpaired) electrons. The fraction of sp³-hybridized carbons (Fsp3) is 0.417. The van der Waals surface area contributed by atoms with Crippen LogP contribution in [0.15, 0.2) is 23.4 Å². The Balaban J connectivity index is 2.89. The second kappa shape index (κ2) is 7.39. The number of oxime groups is 1. The Bertz CT molecular complexity index is 407. The van der Waals surface area contributed by atoms with E-state index in [-0.39, 0.29) is 12.6 Å². The minimum Gasteiger partial charge on any atom is -0.490 e. The van der Waals surface area contributed by atoms with E-state index in [1.54, 1.807) is 18.2 Å². The van der Waals surface area contributed by atoms with E-state index in [2.05, 4.69) is 5.16 Å². The molecule has 6 nitrogen and oxygen atoms in total. The fourth-order valence-electron chi connectivity index (χ4n) is 1.30. The first kappa shape index (κ1) is 14.1.